The third kappa shape index (κ3) is 2.22. The predicted octanol–water partition coefficient (Wildman–Crippen LogP) is 0.292. The van der Waals surface area contributed by atoms with Crippen LogP contribution < -0.4 is 10.2 Å². The molecular weight excluding hydrogens is 308 g/mol. The van der Waals surface area contributed by atoms with E-state index >= 15 is 0 Å². The molecule has 24 heavy (non-hydrogen) atoms. The first-order valence-corrected chi connectivity index (χ1v) is 8.52. The minimum absolute atomic E-state index is 0.0530. The Morgan fingerprint density at radius 1 is 1.25 bits per heavy atom. The Kier molecular flexibility index (Phi) is 3.00. The molecule has 2 amide bonds. The summed E-state index contributed by atoms with van der Waals surface area (Å²) in [6, 6.07) is 2.19. The molecular formula is C15H20N8O. The average Bonchev–Trinajstić information content (AvgIpc) is 3.00. The monoisotopic (exact) mass is 328 g/mol. The van der Waals surface area contributed by atoms with Crippen molar-refractivity contribution in [2.24, 2.45) is 5.92 Å². The Morgan fingerprint density at radius 2 is 2.17 bits per heavy atom. The molecule has 0 bridgehead atoms. The highest BCUT2D eigenvalue weighted by Gasteiger charge is 2.37. The van der Waals surface area contributed by atoms with Crippen molar-refractivity contribution in [3.63, 3.8) is 0 Å². The normalized spacial score (nSPS) is 23.5. The Hall–Kier alpha value is -2.58. The Bertz CT molecular complexity index is 750. The molecule has 5 rings (SSSR count). The number of carbonyl (C=O) groups is 1. The van der Waals surface area contributed by atoms with Crippen molar-refractivity contribution in [3.05, 3.63) is 12.3 Å². The predicted molar refractivity (Wildman–Crippen MR) is 86.4 cm³/mol. The van der Waals surface area contributed by atoms with Crippen molar-refractivity contribution < 1.29 is 4.79 Å². The number of H-pyrrole nitrogens is 1. The number of fused-ring (bicyclic) bond motifs is 1. The molecule has 0 spiro atoms. The fourth-order valence-electron chi connectivity index (χ4n) is 3.62. The molecule has 3 aliphatic rings. The van der Waals surface area contributed by atoms with Crippen molar-refractivity contribution in [1.82, 2.24) is 35.2 Å². The lowest BCUT2D eigenvalue weighted by molar-refractivity contribution is 0.197. The number of hydrogen-bond acceptors (Lipinski definition) is 5. The van der Waals surface area contributed by atoms with Gasteiger partial charge in [-0.25, -0.2) is 4.79 Å². The third-order valence-corrected chi connectivity index (χ3v) is 5.13. The number of rotatable bonds is 4. The second kappa shape index (κ2) is 5.22. The third-order valence-electron chi connectivity index (χ3n) is 5.13. The summed E-state index contributed by atoms with van der Waals surface area (Å²) in [4.78, 5) is 16.0. The van der Waals surface area contributed by atoms with Gasteiger partial charge in [-0.2, -0.15) is 5.10 Å². The molecule has 9 heteroatoms. The second-order valence-corrected chi connectivity index (χ2v) is 6.83. The summed E-state index contributed by atoms with van der Waals surface area (Å²) in [5, 5.41) is 18.8. The van der Waals surface area contributed by atoms with Gasteiger partial charge in [0.25, 0.3) is 0 Å². The zero-order chi connectivity index (χ0) is 16.1. The maximum absolute atomic E-state index is 11.8. The number of piperazine rings is 1. The van der Waals surface area contributed by atoms with E-state index in [9.17, 15) is 4.79 Å². The molecule has 3 fully saturated rings. The molecule has 2 saturated heterocycles. The number of anilines is 1. The SMILES string of the molecule is O=C1NCC2CN(c3nnc(-c4ccn[nH]4)n3CC3CC3)CCN12. The maximum atomic E-state index is 11.8. The Morgan fingerprint density at radius 3 is 2.96 bits per heavy atom. The summed E-state index contributed by atoms with van der Waals surface area (Å²) in [6.45, 7) is 3.96. The van der Waals surface area contributed by atoms with E-state index in [1.165, 1.54) is 12.8 Å². The number of aromatic amines is 1. The smallest absolute Gasteiger partial charge is 0.317 e. The Balaban J connectivity index is 1.46. The van der Waals surface area contributed by atoms with Crippen molar-refractivity contribution in [3.8, 4) is 11.5 Å². The van der Waals surface area contributed by atoms with Gasteiger partial charge in [-0.05, 0) is 24.8 Å². The van der Waals surface area contributed by atoms with Crippen LogP contribution in [0.2, 0.25) is 0 Å². The van der Waals surface area contributed by atoms with E-state index in [-0.39, 0.29) is 12.1 Å². The van der Waals surface area contributed by atoms with E-state index in [2.05, 4.69) is 35.2 Å². The summed E-state index contributed by atoms with van der Waals surface area (Å²) in [5.41, 5.74) is 0.894. The van der Waals surface area contributed by atoms with Gasteiger partial charge in [0.15, 0.2) is 5.82 Å². The quantitative estimate of drug-likeness (QED) is 0.841. The highest BCUT2D eigenvalue weighted by Crippen LogP contribution is 2.34. The van der Waals surface area contributed by atoms with Crippen LogP contribution in [0.3, 0.4) is 0 Å². The molecule has 0 radical (unpaired) electrons. The number of amides is 2. The summed E-state index contributed by atoms with van der Waals surface area (Å²) >= 11 is 0. The van der Waals surface area contributed by atoms with Gasteiger partial charge < -0.3 is 15.1 Å². The largest absolute Gasteiger partial charge is 0.337 e. The first-order chi connectivity index (χ1) is 11.8. The van der Waals surface area contributed by atoms with E-state index in [0.29, 0.717) is 6.54 Å². The highest BCUT2D eigenvalue weighted by atomic mass is 16.2. The molecule has 1 aliphatic carbocycles. The first-order valence-electron chi connectivity index (χ1n) is 8.52. The van der Waals surface area contributed by atoms with Crippen LogP contribution in [-0.4, -0.2) is 68.1 Å². The van der Waals surface area contributed by atoms with Crippen LogP contribution in [0, 0.1) is 5.92 Å². The highest BCUT2D eigenvalue weighted by molar-refractivity contribution is 5.77. The lowest BCUT2D eigenvalue weighted by Gasteiger charge is -2.36. The van der Waals surface area contributed by atoms with Gasteiger partial charge in [-0.15, -0.1) is 10.2 Å². The number of hydrogen-bond donors (Lipinski definition) is 2. The Labute approximate surface area is 139 Å². The molecule has 9 nitrogen and oxygen atoms in total. The molecule has 2 aliphatic heterocycles. The van der Waals surface area contributed by atoms with Gasteiger partial charge >= 0.3 is 6.03 Å². The van der Waals surface area contributed by atoms with Gasteiger partial charge in [0.05, 0.1) is 6.04 Å². The molecule has 1 saturated carbocycles. The van der Waals surface area contributed by atoms with E-state index in [1.54, 1.807) is 6.20 Å². The molecule has 2 N–H and O–H groups in total. The van der Waals surface area contributed by atoms with Crippen LogP contribution in [0.1, 0.15) is 12.8 Å². The van der Waals surface area contributed by atoms with Gasteiger partial charge in [0.2, 0.25) is 5.95 Å². The van der Waals surface area contributed by atoms with Gasteiger partial charge in [0, 0.05) is 38.9 Å². The molecule has 126 valence electrons. The maximum Gasteiger partial charge on any atom is 0.317 e. The molecule has 4 heterocycles. The molecule has 1 unspecified atom stereocenters. The standard InChI is InChI=1S/C15H20N8O/c24-15-16-7-11-9-21(5-6-22(11)15)14-20-19-13(12-3-4-17-18-12)23(14)8-10-1-2-10/h3-4,10-11H,1-2,5-9H2,(H,16,24)(H,17,18). The van der Waals surface area contributed by atoms with Crippen LogP contribution >= 0.6 is 0 Å². The summed E-state index contributed by atoms with van der Waals surface area (Å²) in [7, 11) is 0. The lowest BCUT2D eigenvalue weighted by Crippen LogP contribution is -2.52. The average molecular weight is 328 g/mol. The zero-order valence-corrected chi connectivity index (χ0v) is 13.4. The number of carbonyl (C=O) groups excluding carboxylic acids is 1. The van der Waals surface area contributed by atoms with Crippen LogP contribution in [0.25, 0.3) is 11.5 Å². The minimum Gasteiger partial charge on any atom is -0.337 e. The van der Waals surface area contributed by atoms with Crippen LogP contribution in [-0.2, 0) is 6.54 Å². The molecule has 2 aromatic rings. The fourth-order valence-corrected chi connectivity index (χ4v) is 3.62. The molecule has 2 aromatic heterocycles. The number of urea groups is 1. The van der Waals surface area contributed by atoms with Gasteiger partial charge in [-0.3, -0.25) is 9.67 Å². The number of aromatic nitrogens is 5. The van der Waals surface area contributed by atoms with Crippen molar-refractivity contribution >= 4 is 12.0 Å². The van der Waals surface area contributed by atoms with E-state index < -0.39 is 0 Å². The van der Waals surface area contributed by atoms with Gasteiger partial charge in [0.1, 0.15) is 5.69 Å². The van der Waals surface area contributed by atoms with Gasteiger partial charge in [-0.1, -0.05) is 0 Å². The van der Waals surface area contributed by atoms with E-state index in [1.807, 2.05) is 11.0 Å². The topological polar surface area (TPSA) is 95.0 Å². The van der Waals surface area contributed by atoms with E-state index in [4.69, 9.17) is 0 Å². The second-order valence-electron chi connectivity index (χ2n) is 6.83. The summed E-state index contributed by atoms with van der Waals surface area (Å²) < 4.78 is 2.21. The fraction of sp³-hybridized carbons (Fsp3) is 0.600. The zero-order valence-electron chi connectivity index (χ0n) is 13.4. The minimum atomic E-state index is 0.0530. The van der Waals surface area contributed by atoms with E-state index in [0.717, 1.165) is 49.6 Å². The molecule has 0 aromatic carbocycles. The lowest BCUT2D eigenvalue weighted by atomic mass is 10.2. The van der Waals surface area contributed by atoms with Crippen LogP contribution in [0.4, 0.5) is 10.7 Å². The summed E-state index contributed by atoms with van der Waals surface area (Å²) in [6.07, 6.45) is 4.28. The first kappa shape index (κ1) is 13.8. The van der Waals surface area contributed by atoms with Crippen molar-refractivity contribution in [2.75, 3.05) is 31.1 Å². The summed E-state index contributed by atoms with van der Waals surface area (Å²) in [5.74, 6) is 2.47. The van der Waals surface area contributed by atoms with Crippen LogP contribution in [0.15, 0.2) is 12.3 Å². The molecule has 1 atom stereocenters. The van der Waals surface area contributed by atoms with Crippen molar-refractivity contribution in [1.29, 1.82) is 0 Å². The van der Waals surface area contributed by atoms with Crippen molar-refractivity contribution in [2.45, 2.75) is 25.4 Å². The van der Waals surface area contributed by atoms with Crippen LogP contribution in [0.5, 0.6) is 0 Å². The number of nitrogens with zero attached hydrogens (tertiary/aromatic N) is 6. The number of nitrogens with one attached hydrogen (secondary N) is 2.